The van der Waals surface area contributed by atoms with Gasteiger partial charge in [0.2, 0.25) is 0 Å². The van der Waals surface area contributed by atoms with Gasteiger partial charge in [0.1, 0.15) is 13.2 Å². The number of unbranched alkanes of at least 4 members (excludes halogenated alkanes) is 15. The highest BCUT2D eigenvalue weighted by atomic mass is 16.5. The smallest absolute Gasteiger partial charge is 0.305 e. The molecular weight excluding hydrogens is 476 g/mol. The van der Waals surface area contributed by atoms with E-state index >= 15 is 0 Å². The predicted octanol–water partition coefficient (Wildman–Crippen LogP) is 4.62. The van der Waals surface area contributed by atoms with Gasteiger partial charge in [-0.3, -0.25) is 9.59 Å². The standard InChI is InChI=1S/C29H54O8/c1-2-3-4-5-6-7-8-9-10-11-12-13-14-15-16-20-27(34)36-24-29(22-30,23-31)25-37-28(35)21-18-17-19-26(32)33/h30-31H,2-25H2,1H3,(H,32,33)/p-1. The number of hydrogen-bond acceptors (Lipinski definition) is 8. The van der Waals surface area contributed by atoms with Crippen molar-refractivity contribution >= 4 is 17.9 Å². The van der Waals surface area contributed by atoms with Crippen LogP contribution in [-0.2, 0) is 23.9 Å². The average Bonchev–Trinajstić information content (AvgIpc) is 2.89. The molecule has 0 spiro atoms. The number of aliphatic hydroxyl groups excluding tert-OH is 2. The Hall–Kier alpha value is -1.67. The molecule has 0 aromatic rings. The van der Waals surface area contributed by atoms with Crippen molar-refractivity contribution in [3.05, 3.63) is 0 Å². The molecular formula is C29H53O8-. The molecule has 0 aromatic heterocycles. The minimum absolute atomic E-state index is 0.0270. The van der Waals surface area contributed by atoms with Crippen LogP contribution in [0.15, 0.2) is 0 Å². The number of hydrogen-bond donors (Lipinski definition) is 2. The van der Waals surface area contributed by atoms with Gasteiger partial charge in [-0.05, 0) is 25.7 Å². The molecule has 0 rings (SSSR count). The third-order valence-corrected chi connectivity index (χ3v) is 6.75. The van der Waals surface area contributed by atoms with Crippen LogP contribution in [0.5, 0.6) is 0 Å². The fourth-order valence-corrected chi connectivity index (χ4v) is 4.07. The molecule has 0 amide bonds. The number of carbonyl (C=O) groups is 3. The molecule has 0 aromatic carbocycles. The average molecular weight is 530 g/mol. The molecule has 8 nitrogen and oxygen atoms in total. The van der Waals surface area contributed by atoms with E-state index in [1.807, 2.05) is 0 Å². The predicted molar refractivity (Wildman–Crippen MR) is 142 cm³/mol. The monoisotopic (exact) mass is 529 g/mol. The zero-order chi connectivity index (χ0) is 27.6. The summed E-state index contributed by atoms with van der Waals surface area (Å²) in [5, 5.41) is 29.7. The first-order valence-corrected chi connectivity index (χ1v) is 14.6. The van der Waals surface area contributed by atoms with E-state index in [1.165, 1.54) is 77.0 Å². The Morgan fingerprint density at radius 1 is 0.568 bits per heavy atom. The van der Waals surface area contributed by atoms with Crippen molar-refractivity contribution in [3.63, 3.8) is 0 Å². The van der Waals surface area contributed by atoms with Crippen molar-refractivity contribution in [2.24, 2.45) is 5.41 Å². The summed E-state index contributed by atoms with van der Waals surface area (Å²) in [6, 6.07) is 0. The van der Waals surface area contributed by atoms with Crippen LogP contribution in [-0.4, -0.2) is 54.5 Å². The summed E-state index contributed by atoms with van der Waals surface area (Å²) in [4.78, 5) is 34.3. The molecule has 37 heavy (non-hydrogen) atoms. The van der Waals surface area contributed by atoms with Gasteiger partial charge in [-0.1, -0.05) is 96.8 Å². The fourth-order valence-electron chi connectivity index (χ4n) is 4.07. The van der Waals surface area contributed by atoms with Gasteiger partial charge in [-0.15, -0.1) is 0 Å². The lowest BCUT2D eigenvalue weighted by Crippen LogP contribution is -2.41. The zero-order valence-electron chi connectivity index (χ0n) is 23.3. The third kappa shape index (κ3) is 22.1. The van der Waals surface area contributed by atoms with E-state index in [0.717, 1.165) is 19.3 Å². The zero-order valence-corrected chi connectivity index (χ0v) is 23.3. The fraction of sp³-hybridized carbons (Fsp3) is 0.897. The quantitative estimate of drug-likeness (QED) is 0.116. The molecule has 2 N–H and O–H groups in total. The van der Waals surface area contributed by atoms with Crippen molar-refractivity contribution in [2.75, 3.05) is 26.4 Å². The number of carboxylic acid groups (broad SMARTS) is 1. The summed E-state index contributed by atoms with van der Waals surface area (Å²) in [7, 11) is 0. The van der Waals surface area contributed by atoms with Crippen molar-refractivity contribution in [1.29, 1.82) is 0 Å². The molecule has 0 aliphatic carbocycles. The number of rotatable bonds is 27. The van der Waals surface area contributed by atoms with Crippen molar-refractivity contribution in [3.8, 4) is 0 Å². The Bertz CT molecular complexity index is 574. The molecule has 0 radical (unpaired) electrons. The van der Waals surface area contributed by atoms with E-state index in [-0.39, 0.29) is 32.5 Å². The maximum atomic E-state index is 12.1. The van der Waals surface area contributed by atoms with Crippen LogP contribution >= 0.6 is 0 Å². The summed E-state index contributed by atoms with van der Waals surface area (Å²) >= 11 is 0. The highest BCUT2D eigenvalue weighted by Gasteiger charge is 2.32. The summed E-state index contributed by atoms with van der Waals surface area (Å²) in [6.45, 7) is 0.711. The lowest BCUT2D eigenvalue weighted by molar-refractivity contribution is -0.305. The van der Waals surface area contributed by atoms with Crippen LogP contribution in [0.25, 0.3) is 0 Å². The second-order valence-electron chi connectivity index (χ2n) is 10.4. The van der Waals surface area contributed by atoms with E-state index < -0.39 is 36.5 Å². The van der Waals surface area contributed by atoms with Crippen LogP contribution in [0.1, 0.15) is 135 Å². The summed E-state index contributed by atoms with van der Waals surface area (Å²) in [5.74, 6) is -2.12. The first-order chi connectivity index (χ1) is 17.9. The minimum atomic E-state index is -1.26. The highest BCUT2D eigenvalue weighted by Crippen LogP contribution is 2.19. The number of ether oxygens (including phenoxy) is 2. The summed E-state index contributed by atoms with van der Waals surface area (Å²) in [5.41, 5.74) is -1.26. The number of esters is 2. The molecule has 0 atom stereocenters. The number of aliphatic carboxylic acids is 1. The third-order valence-electron chi connectivity index (χ3n) is 6.75. The SMILES string of the molecule is CCCCCCCCCCCCCCCCCC(=O)OCC(CO)(CO)COC(=O)CCCCC(=O)[O-]. The van der Waals surface area contributed by atoms with Crippen molar-refractivity contribution in [2.45, 2.75) is 135 Å². The Kier molecular flexibility index (Phi) is 23.5. The molecule has 8 heteroatoms. The Morgan fingerprint density at radius 2 is 0.892 bits per heavy atom. The number of aliphatic hydroxyl groups is 2. The lowest BCUT2D eigenvalue weighted by Gasteiger charge is -2.28. The molecule has 0 saturated carbocycles. The summed E-state index contributed by atoms with van der Waals surface area (Å²) in [6.07, 6.45) is 19.6. The van der Waals surface area contributed by atoms with Crippen LogP contribution in [0.2, 0.25) is 0 Å². The van der Waals surface area contributed by atoms with E-state index in [1.54, 1.807) is 0 Å². The van der Waals surface area contributed by atoms with Crippen LogP contribution in [0.4, 0.5) is 0 Å². The minimum Gasteiger partial charge on any atom is -0.550 e. The van der Waals surface area contributed by atoms with Crippen molar-refractivity contribution < 1.29 is 39.2 Å². The van der Waals surface area contributed by atoms with Gasteiger partial charge in [-0.2, -0.15) is 0 Å². The van der Waals surface area contributed by atoms with E-state index in [9.17, 15) is 29.7 Å². The van der Waals surface area contributed by atoms with Gasteiger partial charge in [0, 0.05) is 18.8 Å². The highest BCUT2D eigenvalue weighted by molar-refractivity contribution is 5.70. The molecule has 0 aliphatic heterocycles. The Balaban J connectivity index is 3.78. The van der Waals surface area contributed by atoms with Crippen molar-refractivity contribution in [1.82, 2.24) is 0 Å². The van der Waals surface area contributed by atoms with Gasteiger partial charge in [0.25, 0.3) is 0 Å². The molecule has 0 saturated heterocycles. The second-order valence-corrected chi connectivity index (χ2v) is 10.4. The second kappa shape index (κ2) is 24.7. The van der Waals surface area contributed by atoms with E-state index in [0.29, 0.717) is 12.8 Å². The van der Waals surface area contributed by atoms with Gasteiger partial charge < -0.3 is 29.6 Å². The lowest BCUT2D eigenvalue weighted by atomic mass is 9.92. The van der Waals surface area contributed by atoms with Gasteiger partial charge >= 0.3 is 11.9 Å². The Morgan fingerprint density at radius 3 is 1.24 bits per heavy atom. The largest absolute Gasteiger partial charge is 0.550 e. The maximum absolute atomic E-state index is 12.1. The van der Waals surface area contributed by atoms with Crippen LogP contribution in [0.3, 0.4) is 0 Å². The molecule has 218 valence electrons. The number of carbonyl (C=O) groups excluding carboxylic acids is 3. The summed E-state index contributed by atoms with van der Waals surface area (Å²) < 4.78 is 10.3. The molecule has 0 aliphatic rings. The van der Waals surface area contributed by atoms with Gasteiger partial charge in [0.05, 0.1) is 18.6 Å². The topological polar surface area (TPSA) is 133 Å². The normalized spacial score (nSPS) is 11.4. The maximum Gasteiger partial charge on any atom is 0.305 e. The number of carboxylic acids is 1. The molecule has 0 unspecified atom stereocenters. The van der Waals surface area contributed by atoms with E-state index in [4.69, 9.17) is 9.47 Å². The molecule has 0 fully saturated rings. The van der Waals surface area contributed by atoms with E-state index in [2.05, 4.69) is 6.92 Å². The Labute approximate surface area is 224 Å². The van der Waals surface area contributed by atoms with Gasteiger partial charge in [0.15, 0.2) is 0 Å². The first-order valence-electron chi connectivity index (χ1n) is 14.6. The molecule has 0 heterocycles. The molecule has 0 bridgehead atoms. The van der Waals surface area contributed by atoms with Gasteiger partial charge in [-0.25, -0.2) is 0 Å². The first kappa shape index (κ1) is 35.3. The van der Waals surface area contributed by atoms with Crippen LogP contribution < -0.4 is 5.11 Å². The van der Waals surface area contributed by atoms with Crippen LogP contribution in [0, 0.1) is 5.41 Å².